The molecular formula is C23H28N2O5. The van der Waals surface area contributed by atoms with Crippen LogP contribution in [0.25, 0.3) is 0 Å². The number of benzene rings is 1. The number of carbonyl (C=O) groups excluding carboxylic acids is 2. The average Bonchev–Trinajstić information content (AvgIpc) is 3.35. The predicted octanol–water partition coefficient (Wildman–Crippen LogP) is 3.60. The second-order valence-electron chi connectivity index (χ2n) is 7.55. The highest BCUT2D eigenvalue weighted by Gasteiger charge is 2.44. The minimum atomic E-state index is -0.706. The maximum absolute atomic E-state index is 13.1. The van der Waals surface area contributed by atoms with Crippen LogP contribution in [0.5, 0.6) is 5.75 Å². The summed E-state index contributed by atoms with van der Waals surface area (Å²) < 4.78 is 11.0. The van der Waals surface area contributed by atoms with Crippen LogP contribution < -0.4 is 4.74 Å². The first-order valence-electron chi connectivity index (χ1n) is 10.1. The molecule has 30 heavy (non-hydrogen) atoms. The third-order valence-corrected chi connectivity index (χ3v) is 4.94. The van der Waals surface area contributed by atoms with Crippen molar-refractivity contribution < 1.29 is 23.8 Å². The molecule has 0 unspecified atom stereocenters. The van der Waals surface area contributed by atoms with Gasteiger partial charge in [0, 0.05) is 6.54 Å². The molecule has 1 amide bonds. The van der Waals surface area contributed by atoms with E-state index in [1.165, 1.54) is 12.3 Å². The van der Waals surface area contributed by atoms with E-state index in [1.807, 2.05) is 50.2 Å². The lowest BCUT2D eigenvalue weighted by atomic mass is 9.95. The fourth-order valence-corrected chi connectivity index (χ4v) is 3.55. The Morgan fingerprint density at radius 1 is 1.27 bits per heavy atom. The molecule has 1 aliphatic heterocycles. The lowest BCUT2D eigenvalue weighted by Crippen LogP contribution is -2.33. The third kappa shape index (κ3) is 4.57. The molecule has 7 heteroatoms. The summed E-state index contributed by atoms with van der Waals surface area (Å²) >= 11 is 0. The first kappa shape index (κ1) is 21.6. The molecule has 2 aromatic rings. The number of carbonyl (C=O) groups is 2. The van der Waals surface area contributed by atoms with Gasteiger partial charge in [-0.3, -0.25) is 9.59 Å². The maximum atomic E-state index is 13.1. The molecule has 7 nitrogen and oxygen atoms in total. The van der Waals surface area contributed by atoms with Gasteiger partial charge >= 0.3 is 0 Å². The number of aliphatic hydroxyl groups is 1. The van der Waals surface area contributed by atoms with Gasteiger partial charge < -0.3 is 24.1 Å². The molecule has 3 rings (SSSR count). The van der Waals surface area contributed by atoms with Gasteiger partial charge in [0.15, 0.2) is 11.5 Å². The van der Waals surface area contributed by atoms with Crippen LogP contribution in [0, 0.1) is 0 Å². The number of aliphatic hydroxyl groups excluding tert-OH is 1. The summed E-state index contributed by atoms with van der Waals surface area (Å²) in [5.74, 6) is -0.820. The smallest absolute Gasteiger partial charge is 0.290 e. The summed E-state index contributed by atoms with van der Waals surface area (Å²) in [5.41, 5.74) is 0.744. The second kappa shape index (κ2) is 9.63. The van der Waals surface area contributed by atoms with Gasteiger partial charge in [-0.05, 0) is 63.3 Å². The summed E-state index contributed by atoms with van der Waals surface area (Å²) in [6.45, 7) is 3.77. The Hall–Kier alpha value is -3.06. The summed E-state index contributed by atoms with van der Waals surface area (Å²) in [4.78, 5) is 29.6. The predicted molar refractivity (Wildman–Crippen MR) is 113 cm³/mol. The Morgan fingerprint density at radius 2 is 2.07 bits per heavy atom. The van der Waals surface area contributed by atoms with Crippen LogP contribution in [0.4, 0.5) is 0 Å². The van der Waals surface area contributed by atoms with E-state index in [4.69, 9.17) is 9.15 Å². The molecule has 1 aromatic carbocycles. The summed E-state index contributed by atoms with van der Waals surface area (Å²) in [5, 5.41) is 10.6. The van der Waals surface area contributed by atoms with Crippen molar-refractivity contribution in [1.29, 1.82) is 0 Å². The zero-order chi connectivity index (χ0) is 21.7. The Morgan fingerprint density at radius 3 is 2.73 bits per heavy atom. The van der Waals surface area contributed by atoms with Gasteiger partial charge in [-0.15, -0.1) is 0 Å². The van der Waals surface area contributed by atoms with Gasteiger partial charge in [0.25, 0.3) is 5.91 Å². The van der Waals surface area contributed by atoms with Crippen molar-refractivity contribution in [2.75, 3.05) is 33.8 Å². The average molecular weight is 412 g/mol. The Kier molecular flexibility index (Phi) is 6.95. The highest BCUT2D eigenvalue weighted by Crippen LogP contribution is 2.40. The van der Waals surface area contributed by atoms with Crippen LogP contribution in [0.3, 0.4) is 0 Å². The third-order valence-electron chi connectivity index (χ3n) is 4.94. The van der Waals surface area contributed by atoms with Gasteiger partial charge in [-0.2, -0.15) is 0 Å². The van der Waals surface area contributed by atoms with Crippen molar-refractivity contribution in [2.45, 2.75) is 25.8 Å². The summed E-state index contributed by atoms with van der Waals surface area (Å²) in [7, 11) is 3.92. The number of nitrogens with zero attached hydrogens (tertiary/aromatic N) is 2. The first-order valence-corrected chi connectivity index (χ1v) is 10.1. The van der Waals surface area contributed by atoms with E-state index < -0.39 is 23.5 Å². The van der Waals surface area contributed by atoms with Crippen molar-refractivity contribution in [2.24, 2.45) is 0 Å². The van der Waals surface area contributed by atoms with Crippen molar-refractivity contribution in [1.82, 2.24) is 9.80 Å². The minimum absolute atomic E-state index is 0.0347. The van der Waals surface area contributed by atoms with Crippen LogP contribution in [0.15, 0.2) is 58.4 Å². The lowest BCUT2D eigenvalue weighted by molar-refractivity contribution is -0.129. The molecule has 0 aliphatic carbocycles. The van der Waals surface area contributed by atoms with E-state index in [2.05, 4.69) is 0 Å². The summed E-state index contributed by atoms with van der Waals surface area (Å²) in [6, 6.07) is 9.74. The number of rotatable bonds is 10. The molecule has 2 heterocycles. The van der Waals surface area contributed by atoms with Gasteiger partial charge in [0.05, 0.1) is 24.5 Å². The fraction of sp³-hybridized carbons (Fsp3) is 0.391. The molecule has 0 spiro atoms. The lowest BCUT2D eigenvalue weighted by Gasteiger charge is -2.27. The maximum Gasteiger partial charge on any atom is 0.290 e. The number of Topliss-reactive ketones (excluding diaryl/α,β-unsaturated/α-hetero) is 1. The number of hydrogen-bond donors (Lipinski definition) is 1. The second-order valence-corrected chi connectivity index (χ2v) is 7.55. The quantitative estimate of drug-likeness (QED) is 0.601. The first-order chi connectivity index (χ1) is 14.4. The van der Waals surface area contributed by atoms with E-state index in [0.717, 1.165) is 13.0 Å². The van der Waals surface area contributed by atoms with E-state index in [9.17, 15) is 14.7 Å². The molecule has 1 atom stereocenters. The highest BCUT2D eigenvalue weighted by molar-refractivity contribution is 6.15. The van der Waals surface area contributed by atoms with Gasteiger partial charge in [0.2, 0.25) is 5.78 Å². The highest BCUT2D eigenvalue weighted by atomic mass is 16.5. The number of ether oxygens (including phenoxy) is 1. The van der Waals surface area contributed by atoms with E-state index in [1.54, 1.807) is 11.0 Å². The monoisotopic (exact) mass is 412 g/mol. The molecule has 0 fully saturated rings. The molecular weight excluding hydrogens is 384 g/mol. The van der Waals surface area contributed by atoms with E-state index >= 15 is 0 Å². The Balaban J connectivity index is 1.99. The number of ketones is 1. The van der Waals surface area contributed by atoms with Gasteiger partial charge in [-0.25, -0.2) is 0 Å². The van der Waals surface area contributed by atoms with Gasteiger partial charge in [0.1, 0.15) is 5.75 Å². The van der Waals surface area contributed by atoms with Crippen molar-refractivity contribution in [3.05, 3.63) is 65.3 Å². The summed E-state index contributed by atoms with van der Waals surface area (Å²) in [6.07, 6.45) is 2.97. The van der Waals surface area contributed by atoms with Gasteiger partial charge in [-0.1, -0.05) is 19.1 Å². The number of hydrogen-bond acceptors (Lipinski definition) is 6. The zero-order valence-corrected chi connectivity index (χ0v) is 17.6. The van der Waals surface area contributed by atoms with Crippen LogP contribution in [0.2, 0.25) is 0 Å². The normalized spacial score (nSPS) is 16.6. The minimum Gasteiger partial charge on any atom is -0.503 e. The van der Waals surface area contributed by atoms with E-state index in [-0.39, 0.29) is 11.3 Å². The Labute approximate surface area is 176 Å². The standard InChI is InChI=1S/C23H28N2O5/c1-4-13-29-17-9-5-8-16(15-17)20-19(21(26)18-10-6-14-30-18)22(27)23(28)25(20)12-7-11-24(2)3/h5-6,8-10,14-15,20,27H,4,7,11-13H2,1-3H3/t20-/m1/s1. The largest absolute Gasteiger partial charge is 0.503 e. The van der Waals surface area contributed by atoms with Crippen LogP contribution >= 0.6 is 0 Å². The molecule has 1 aromatic heterocycles. The van der Waals surface area contributed by atoms with Crippen LogP contribution in [-0.2, 0) is 4.79 Å². The fourth-order valence-electron chi connectivity index (χ4n) is 3.55. The molecule has 1 N–H and O–H groups in total. The molecule has 160 valence electrons. The number of amides is 1. The molecule has 1 aliphatic rings. The molecule has 0 bridgehead atoms. The number of furan rings is 1. The van der Waals surface area contributed by atoms with Crippen molar-refractivity contribution in [3.63, 3.8) is 0 Å². The topological polar surface area (TPSA) is 83.2 Å². The molecule has 0 saturated carbocycles. The van der Waals surface area contributed by atoms with Crippen molar-refractivity contribution in [3.8, 4) is 5.75 Å². The molecule has 0 saturated heterocycles. The van der Waals surface area contributed by atoms with Crippen molar-refractivity contribution >= 4 is 11.7 Å². The van der Waals surface area contributed by atoms with Crippen LogP contribution in [0.1, 0.15) is 41.9 Å². The zero-order valence-electron chi connectivity index (χ0n) is 17.6. The molecule has 0 radical (unpaired) electrons. The van der Waals surface area contributed by atoms with Crippen LogP contribution in [-0.4, -0.2) is 60.4 Å². The van der Waals surface area contributed by atoms with E-state index in [0.29, 0.717) is 30.9 Å². The Bertz CT molecular complexity index is 917. The SMILES string of the molecule is CCCOc1cccc([C@@H]2C(C(=O)c3ccco3)=C(O)C(=O)N2CCCN(C)C)c1.